The van der Waals surface area contributed by atoms with Crippen LogP contribution in [0.1, 0.15) is 24.3 Å². The quantitative estimate of drug-likeness (QED) is 0.758. The Morgan fingerprint density at radius 1 is 1.44 bits per heavy atom. The third-order valence-electron chi connectivity index (χ3n) is 2.41. The number of rotatable bonds is 6. The number of halogens is 1. The minimum Gasteiger partial charge on any atom is -0.481 e. The molecule has 1 aromatic rings. The van der Waals surface area contributed by atoms with E-state index in [1.165, 1.54) is 24.3 Å². The van der Waals surface area contributed by atoms with Crippen LogP contribution in [0.5, 0.6) is 0 Å². The highest BCUT2D eigenvalue weighted by molar-refractivity contribution is 5.75. The zero-order valence-corrected chi connectivity index (χ0v) is 9.15. The van der Waals surface area contributed by atoms with Gasteiger partial charge >= 0.3 is 5.97 Å². The molecule has 1 N–H and O–H groups in total. The summed E-state index contributed by atoms with van der Waals surface area (Å²) in [5.74, 6) is -1.83. The van der Waals surface area contributed by atoms with Crippen LogP contribution in [0.25, 0.3) is 0 Å². The van der Waals surface area contributed by atoms with Crippen molar-refractivity contribution in [2.75, 3.05) is 13.7 Å². The Morgan fingerprint density at radius 2 is 2.06 bits per heavy atom. The summed E-state index contributed by atoms with van der Waals surface area (Å²) in [7, 11) is 1.58. The predicted octanol–water partition coefficient (Wildman–Crippen LogP) is 2.42. The minimum absolute atomic E-state index is 0.357. The summed E-state index contributed by atoms with van der Waals surface area (Å²) < 4.78 is 17.6. The summed E-state index contributed by atoms with van der Waals surface area (Å²) in [6.07, 6.45) is 1.17. The van der Waals surface area contributed by atoms with Crippen LogP contribution in [0, 0.1) is 5.82 Å². The first-order valence-electron chi connectivity index (χ1n) is 5.12. The van der Waals surface area contributed by atoms with E-state index in [1.807, 2.05) is 0 Å². The van der Waals surface area contributed by atoms with E-state index in [0.717, 1.165) is 0 Å². The second kappa shape index (κ2) is 6.23. The molecule has 0 spiro atoms. The number of carbonyl (C=O) groups is 1. The average Bonchev–Trinajstić information content (AvgIpc) is 2.26. The maximum absolute atomic E-state index is 12.7. The molecule has 0 bridgehead atoms. The van der Waals surface area contributed by atoms with Gasteiger partial charge in [-0.05, 0) is 30.5 Å². The standard InChI is InChI=1S/C12H15FO3/c1-16-8-2-3-11(12(14)15)9-4-6-10(13)7-5-9/h4-7,11H,2-3,8H2,1H3,(H,14,15). The average molecular weight is 226 g/mol. The van der Waals surface area contributed by atoms with Crippen LogP contribution in [0.3, 0.4) is 0 Å². The summed E-state index contributed by atoms with van der Waals surface area (Å²) in [5, 5.41) is 9.06. The fourth-order valence-corrected chi connectivity index (χ4v) is 1.56. The van der Waals surface area contributed by atoms with Crippen LogP contribution >= 0.6 is 0 Å². The van der Waals surface area contributed by atoms with Crippen LogP contribution in [0.4, 0.5) is 4.39 Å². The van der Waals surface area contributed by atoms with E-state index < -0.39 is 11.9 Å². The Hall–Kier alpha value is -1.42. The van der Waals surface area contributed by atoms with Gasteiger partial charge in [-0.1, -0.05) is 12.1 Å². The molecule has 1 unspecified atom stereocenters. The first-order chi connectivity index (χ1) is 7.65. The number of hydrogen-bond acceptors (Lipinski definition) is 2. The largest absolute Gasteiger partial charge is 0.481 e. The van der Waals surface area contributed by atoms with E-state index in [9.17, 15) is 9.18 Å². The Balaban J connectivity index is 2.69. The zero-order valence-electron chi connectivity index (χ0n) is 9.15. The molecule has 0 aliphatic rings. The number of ether oxygens (including phenoxy) is 1. The number of carboxylic acids is 1. The summed E-state index contributed by atoms with van der Waals surface area (Å²) in [5.41, 5.74) is 0.630. The molecule has 0 radical (unpaired) electrons. The SMILES string of the molecule is COCCCC(C(=O)O)c1ccc(F)cc1. The van der Waals surface area contributed by atoms with Crippen molar-refractivity contribution in [1.29, 1.82) is 0 Å². The van der Waals surface area contributed by atoms with Crippen LogP contribution < -0.4 is 0 Å². The fraction of sp³-hybridized carbons (Fsp3) is 0.417. The summed E-state index contributed by atoms with van der Waals surface area (Å²) in [6.45, 7) is 0.533. The monoisotopic (exact) mass is 226 g/mol. The highest BCUT2D eigenvalue weighted by Gasteiger charge is 2.19. The second-order valence-electron chi connectivity index (χ2n) is 3.58. The molecule has 0 fully saturated rings. The number of carboxylic acid groups (broad SMARTS) is 1. The zero-order chi connectivity index (χ0) is 12.0. The smallest absolute Gasteiger partial charge is 0.310 e. The van der Waals surface area contributed by atoms with E-state index in [1.54, 1.807) is 7.11 Å². The molecule has 3 nitrogen and oxygen atoms in total. The molecule has 1 atom stereocenters. The van der Waals surface area contributed by atoms with Gasteiger partial charge in [0.25, 0.3) is 0 Å². The number of hydrogen-bond donors (Lipinski definition) is 1. The minimum atomic E-state index is -0.886. The Kier molecular flexibility index (Phi) is 4.92. The molecule has 0 aliphatic heterocycles. The molecular formula is C12H15FO3. The lowest BCUT2D eigenvalue weighted by atomic mass is 9.94. The molecular weight excluding hydrogens is 211 g/mol. The first kappa shape index (κ1) is 12.6. The Bertz CT molecular complexity index is 335. The molecule has 1 rings (SSSR count). The van der Waals surface area contributed by atoms with Crippen LogP contribution in [0.2, 0.25) is 0 Å². The van der Waals surface area contributed by atoms with Crippen molar-refractivity contribution >= 4 is 5.97 Å². The predicted molar refractivity (Wildman–Crippen MR) is 57.9 cm³/mol. The molecule has 4 heteroatoms. The van der Waals surface area contributed by atoms with Gasteiger partial charge in [0.2, 0.25) is 0 Å². The normalized spacial score (nSPS) is 12.4. The molecule has 0 aromatic heterocycles. The first-order valence-corrected chi connectivity index (χ1v) is 5.12. The molecule has 0 heterocycles. The van der Waals surface area contributed by atoms with Crippen molar-refractivity contribution in [2.45, 2.75) is 18.8 Å². The van der Waals surface area contributed by atoms with E-state index in [4.69, 9.17) is 9.84 Å². The van der Waals surface area contributed by atoms with Gasteiger partial charge in [0.05, 0.1) is 5.92 Å². The van der Waals surface area contributed by atoms with Crippen molar-refractivity contribution in [1.82, 2.24) is 0 Å². The molecule has 1 aromatic carbocycles. The third kappa shape index (κ3) is 3.62. The van der Waals surface area contributed by atoms with Gasteiger partial charge < -0.3 is 9.84 Å². The van der Waals surface area contributed by atoms with Gasteiger partial charge in [-0.3, -0.25) is 4.79 Å². The van der Waals surface area contributed by atoms with Crippen LogP contribution in [-0.2, 0) is 9.53 Å². The van der Waals surface area contributed by atoms with E-state index in [-0.39, 0.29) is 5.82 Å². The molecule has 0 amide bonds. The molecule has 0 saturated heterocycles. The lowest BCUT2D eigenvalue weighted by Crippen LogP contribution is -2.12. The molecule has 16 heavy (non-hydrogen) atoms. The lowest BCUT2D eigenvalue weighted by Gasteiger charge is -2.12. The maximum Gasteiger partial charge on any atom is 0.310 e. The van der Waals surface area contributed by atoms with Crippen molar-refractivity contribution < 1.29 is 19.0 Å². The number of benzene rings is 1. The summed E-state index contributed by atoms with van der Waals surface area (Å²) >= 11 is 0. The van der Waals surface area contributed by atoms with Crippen molar-refractivity contribution in [3.8, 4) is 0 Å². The molecule has 88 valence electrons. The Morgan fingerprint density at radius 3 is 2.56 bits per heavy atom. The van der Waals surface area contributed by atoms with Crippen molar-refractivity contribution in [2.24, 2.45) is 0 Å². The van der Waals surface area contributed by atoms with Crippen molar-refractivity contribution in [3.63, 3.8) is 0 Å². The van der Waals surface area contributed by atoms with Gasteiger partial charge in [0.15, 0.2) is 0 Å². The van der Waals surface area contributed by atoms with Gasteiger partial charge in [-0.15, -0.1) is 0 Å². The fourth-order valence-electron chi connectivity index (χ4n) is 1.56. The third-order valence-corrected chi connectivity index (χ3v) is 2.41. The van der Waals surface area contributed by atoms with Gasteiger partial charge in [-0.2, -0.15) is 0 Å². The van der Waals surface area contributed by atoms with E-state index >= 15 is 0 Å². The summed E-state index contributed by atoms with van der Waals surface area (Å²) in [4.78, 5) is 11.0. The van der Waals surface area contributed by atoms with E-state index in [2.05, 4.69) is 0 Å². The maximum atomic E-state index is 12.7. The highest BCUT2D eigenvalue weighted by Crippen LogP contribution is 2.21. The summed E-state index contributed by atoms with van der Waals surface area (Å²) in [6, 6.07) is 5.59. The van der Waals surface area contributed by atoms with Crippen molar-refractivity contribution in [3.05, 3.63) is 35.6 Å². The van der Waals surface area contributed by atoms with Crippen LogP contribution in [-0.4, -0.2) is 24.8 Å². The lowest BCUT2D eigenvalue weighted by molar-refractivity contribution is -0.139. The Labute approximate surface area is 93.9 Å². The molecule has 0 aliphatic carbocycles. The van der Waals surface area contributed by atoms with Gasteiger partial charge in [0, 0.05) is 13.7 Å². The number of aliphatic carboxylic acids is 1. The number of methoxy groups -OCH3 is 1. The van der Waals surface area contributed by atoms with Gasteiger partial charge in [-0.25, -0.2) is 4.39 Å². The molecule has 0 saturated carbocycles. The van der Waals surface area contributed by atoms with Crippen LogP contribution in [0.15, 0.2) is 24.3 Å². The highest BCUT2D eigenvalue weighted by atomic mass is 19.1. The second-order valence-corrected chi connectivity index (χ2v) is 3.58. The van der Waals surface area contributed by atoms with E-state index in [0.29, 0.717) is 25.0 Å². The topological polar surface area (TPSA) is 46.5 Å². The van der Waals surface area contributed by atoms with Gasteiger partial charge in [0.1, 0.15) is 5.82 Å².